The molecule has 0 rings (SSSR count). The first-order chi connectivity index (χ1) is 44.7. The molecule has 0 aliphatic carbocycles. The van der Waals surface area contributed by atoms with Crippen molar-refractivity contribution in [1.82, 2.24) is 0 Å². The first-order valence-electron chi connectivity index (χ1n) is 36.2. The third-order valence-corrected chi connectivity index (χ3v) is 17.0. The van der Waals surface area contributed by atoms with Crippen LogP contribution in [-0.2, 0) is 65.4 Å². The quantitative estimate of drug-likeness (QED) is 0.0169. The number of aliphatic hydroxyl groups excluding tert-OH is 1. The minimum atomic E-state index is -4.97. The zero-order valence-electron chi connectivity index (χ0n) is 58.0. The molecule has 3 N–H and O–H groups in total. The number of unbranched alkanes of at least 4 members (excludes halogenated alkanes) is 30. The van der Waals surface area contributed by atoms with E-state index >= 15 is 0 Å². The number of rotatable bonds is 68. The van der Waals surface area contributed by atoms with Crippen molar-refractivity contribution in [2.45, 2.75) is 329 Å². The van der Waals surface area contributed by atoms with Crippen LogP contribution in [0, 0.1) is 0 Å². The van der Waals surface area contributed by atoms with Crippen LogP contribution in [0.4, 0.5) is 0 Å². The fourth-order valence-electron chi connectivity index (χ4n) is 9.57. The van der Waals surface area contributed by atoms with E-state index in [0.717, 1.165) is 180 Å². The lowest BCUT2D eigenvalue weighted by molar-refractivity contribution is -0.161. The van der Waals surface area contributed by atoms with Crippen LogP contribution < -0.4 is 0 Å². The van der Waals surface area contributed by atoms with Crippen LogP contribution in [0.3, 0.4) is 0 Å². The number of carbonyl (C=O) groups is 4. The maximum Gasteiger partial charge on any atom is 0.472 e. The van der Waals surface area contributed by atoms with Crippen molar-refractivity contribution in [3.63, 3.8) is 0 Å². The third-order valence-electron chi connectivity index (χ3n) is 15.1. The van der Waals surface area contributed by atoms with E-state index in [0.29, 0.717) is 25.7 Å². The van der Waals surface area contributed by atoms with Crippen LogP contribution in [0.25, 0.3) is 0 Å². The van der Waals surface area contributed by atoms with Crippen molar-refractivity contribution in [2.75, 3.05) is 39.6 Å². The molecular weight excluding hydrogens is 1210 g/mol. The highest BCUT2D eigenvalue weighted by Crippen LogP contribution is 2.45. The maximum atomic E-state index is 13.0. The minimum Gasteiger partial charge on any atom is -0.462 e. The molecule has 0 aromatic carbocycles. The van der Waals surface area contributed by atoms with Gasteiger partial charge in [-0.15, -0.1) is 0 Å². The van der Waals surface area contributed by atoms with Crippen molar-refractivity contribution in [3.05, 3.63) is 72.9 Å². The van der Waals surface area contributed by atoms with E-state index in [9.17, 15) is 43.2 Å². The summed E-state index contributed by atoms with van der Waals surface area (Å²) >= 11 is 0. The fraction of sp³-hybridized carbons (Fsp3) is 0.781. The van der Waals surface area contributed by atoms with Crippen molar-refractivity contribution in [3.8, 4) is 0 Å². The molecule has 0 radical (unpaired) electrons. The summed E-state index contributed by atoms with van der Waals surface area (Å²) in [6.07, 6.45) is 63.3. The number of esters is 4. The Bertz CT molecular complexity index is 2040. The molecule has 0 saturated heterocycles. The molecule has 0 heterocycles. The fourth-order valence-corrected chi connectivity index (χ4v) is 11.1. The van der Waals surface area contributed by atoms with Gasteiger partial charge in [-0.05, 0) is 103 Å². The average molecular weight is 1340 g/mol. The predicted octanol–water partition coefficient (Wildman–Crippen LogP) is 20.1. The smallest absolute Gasteiger partial charge is 0.462 e. The van der Waals surface area contributed by atoms with E-state index < -0.39 is 97.5 Å². The molecule has 5 atom stereocenters. The summed E-state index contributed by atoms with van der Waals surface area (Å²) in [7, 11) is -9.94. The molecule has 0 amide bonds. The molecule has 19 heteroatoms. The molecule has 0 fully saturated rings. The Morgan fingerprint density at radius 1 is 0.304 bits per heavy atom. The molecular formula is C73H130O17P2. The summed E-state index contributed by atoms with van der Waals surface area (Å²) in [6.45, 7) is 4.65. The summed E-state index contributed by atoms with van der Waals surface area (Å²) in [6, 6.07) is 0. The number of carbonyl (C=O) groups excluding carboxylic acids is 4. The molecule has 0 aromatic heterocycles. The van der Waals surface area contributed by atoms with Crippen molar-refractivity contribution in [1.29, 1.82) is 0 Å². The van der Waals surface area contributed by atoms with Gasteiger partial charge in [-0.2, -0.15) is 0 Å². The summed E-state index contributed by atoms with van der Waals surface area (Å²) in [4.78, 5) is 72.6. The number of aliphatic hydroxyl groups is 1. The number of hydrogen-bond acceptors (Lipinski definition) is 15. The number of hydrogen-bond donors (Lipinski definition) is 3. The third kappa shape index (κ3) is 65.2. The van der Waals surface area contributed by atoms with Crippen molar-refractivity contribution in [2.24, 2.45) is 0 Å². The van der Waals surface area contributed by atoms with E-state index in [2.05, 4.69) is 101 Å². The zero-order valence-corrected chi connectivity index (χ0v) is 59.8. The highest BCUT2D eigenvalue weighted by molar-refractivity contribution is 7.47. The van der Waals surface area contributed by atoms with Crippen molar-refractivity contribution < 1.29 is 80.2 Å². The van der Waals surface area contributed by atoms with Gasteiger partial charge >= 0.3 is 39.5 Å². The Hall–Kier alpha value is -3.50. The van der Waals surface area contributed by atoms with Gasteiger partial charge in [0.25, 0.3) is 0 Å². The highest BCUT2D eigenvalue weighted by atomic mass is 31.2. The second-order valence-corrected chi connectivity index (χ2v) is 27.1. The number of phosphoric ester groups is 2. The second-order valence-electron chi connectivity index (χ2n) is 24.2. The maximum absolute atomic E-state index is 13.0. The summed E-state index contributed by atoms with van der Waals surface area (Å²) in [5, 5.41) is 10.6. The number of phosphoric acid groups is 2. The lowest BCUT2D eigenvalue weighted by Crippen LogP contribution is -2.30. The van der Waals surface area contributed by atoms with Gasteiger partial charge in [-0.1, -0.05) is 255 Å². The molecule has 17 nitrogen and oxygen atoms in total. The normalized spacial score (nSPS) is 14.5. The molecule has 0 saturated carbocycles. The standard InChI is InChI=1S/C73H130O17P2/c1-5-9-13-17-21-25-29-33-37-41-45-49-53-57-70(75)83-63-68(89-72(77)59-55-51-47-43-39-35-31-27-23-19-15-11-7-3)65-87-91(79,80)85-61-67(74)62-86-92(81,82)88-66-69(90-73(78)60-56-52-48-44-40-36-32-28-24-20-16-12-8-4)64-84-71(76)58-54-50-46-42-38-34-30-26-22-18-14-10-6-2/h13-15,17-19,25-27,29-31,67-69,74H,5-12,16,20-24,28,32-66H2,1-4H3,(H,79,80)(H,81,82)/b17-13-,18-14-,19-15-,29-25-,30-26-,31-27-. The Morgan fingerprint density at radius 3 is 0.848 bits per heavy atom. The zero-order chi connectivity index (χ0) is 67.5. The molecule has 92 heavy (non-hydrogen) atoms. The van der Waals surface area contributed by atoms with Crippen LogP contribution in [-0.4, -0.2) is 96.7 Å². The Labute approximate surface area is 558 Å². The monoisotopic (exact) mass is 1340 g/mol. The molecule has 534 valence electrons. The van der Waals surface area contributed by atoms with E-state index in [-0.39, 0.29) is 25.7 Å². The number of allylic oxidation sites excluding steroid dienone is 12. The molecule has 0 aliphatic heterocycles. The van der Waals surface area contributed by atoms with Gasteiger partial charge in [0.05, 0.1) is 26.4 Å². The van der Waals surface area contributed by atoms with Crippen LogP contribution in [0.5, 0.6) is 0 Å². The molecule has 0 aliphatic rings. The van der Waals surface area contributed by atoms with E-state index in [1.165, 1.54) is 51.4 Å². The molecule has 0 aromatic rings. The second kappa shape index (κ2) is 66.1. The number of ether oxygens (including phenoxy) is 4. The minimum absolute atomic E-state index is 0.0775. The summed E-state index contributed by atoms with van der Waals surface area (Å²) < 4.78 is 68.3. The predicted molar refractivity (Wildman–Crippen MR) is 372 cm³/mol. The van der Waals surface area contributed by atoms with Crippen LogP contribution in [0.2, 0.25) is 0 Å². The first kappa shape index (κ1) is 88.5. The van der Waals surface area contributed by atoms with Gasteiger partial charge in [0.15, 0.2) is 12.2 Å². The largest absolute Gasteiger partial charge is 0.472 e. The van der Waals surface area contributed by atoms with Crippen molar-refractivity contribution >= 4 is 39.5 Å². The first-order valence-corrected chi connectivity index (χ1v) is 39.2. The van der Waals surface area contributed by atoms with E-state index in [4.69, 9.17) is 37.0 Å². The van der Waals surface area contributed by atoms with Gasteiger partial charge < -0.3 is 33.8 Å². The topological polar surface area (TPSA) is 237 Å². The molecule has 5 unspecified atom stereocenters. The van der Waals surface area contributed by atoms with Gasteiger partial charge in [0, 0.05) is 25.7 Å². The van der Waals surface area contributed by atoms with E-state index in [1.807, 2.05) is 0 Å². The van der Waals surface area contributed by atoms with Crippen LogP contribution in [0.1, 0.15) is 310 Å². The van der Waals surface area contributed by atoms with Gasteiger partial charge in [0.1, 0.15) is 19.3 Å². The van der Waals surface area contributed by atoms with Crippen LogP contribution in [0.15, 0.2) is 72.9 Å². The summed E-state index contributed by atoms with van der Waals surface area (Å²) in [5.41, 5.74) is 0. The van der Waals surface area contributed by atoms with E-state index in [1.54, 1.807) is 0 Å². The van der Waals surface area contributed by atoms with Crippen LogP contribution >= 0.6 is 15.6 Å². The average Bonchev–Trinajstić information content (AvgIpc) is 3.63. The Balaban J connectivity index is 5.34. The lowest BCUT2D eigenvalue weighted by Gasteiger charge is -2.21. The Morgan fingerprint density at radius 2 is 0.554 bits per heavy atom. The highest BCUT2D eigenvalue weighted by Gasteiger charge is 2.30. The lowest BCUT2D eigenvalue weighted by atomic mass is 10.0. The SMILES string of the molecule is CCC/C=C\C/C=C\CCCCCCCC(=O)OCC(COP(=O)(O)OCC(O)COP(=O)(O)OCC(COC(=O)CCCCCCC/C=C\C/C=C\CCC)OC(=O)CCCCCCCCCCCCCCC)OC(=O)CCCCCCC/C=C\C/C=C\CCC. The summed E-state index contributed by atoms with van der Waals surface area (Å²) in [5.74, 6) is -2.20. The molecule has 0 spiro atoms. The van der Waals surface area contributed by atoms with Gasteiger partial charge in [-0.25, -0.2) is 9.13 Å². The molecule has 0 bridgehead atoms. The Kier molecular flexibility index (Phi) is 63.6. The van der Waals surface area contributed by atoms with Gasteiger partial charge in [0.2, 0.25) is 0 Å². The van der Waals surface area contributed by atoms with Gasteiger partial charge in [-0.3, -0.25) is 37.3 Å².